The SMILES string of the molecule is CCc1cc(-c2ccc(OC(C)=O)c(CC)c2)ccc1O. The Balaban J connectivity index is 2.43. The fourth-order valence-corrected chi connectivity index (χ4v) is 2.34. The largest absolute Gasteiger partial charge is 0.508 e. The molecular weight excluding hydrogens is 264 g/mol. The normalized spacial score (nSPS) is 10.4. The lowest BCUT2D eigenvalue weighted by atomic mass is 9.98. The second-order valence-electron chi connectivity index (χ2n) is 4.97. The van der Waals surface area contributed by atoms with Gasteiger partial charge in [0.15, 0.2) is 0 Å². The van der Waals surface area contributed by atoms with Crippen LogP contribution in [0, 0.1) is 0 Å². The first-order valence-electron chi connectivity index (χ1n) is 7.18. The van der Waals surface area contributed by atoms with Crippen LogP contribution < -0.4 is 4.74 Å². The quantitative estimate of drug-likeness (QED) is 0.679. The Kier molecular flexibility index (Phi) is 4.63. The molecule has 21 heavy (non-hydrogen) atoms. The number of carbonyl (C=O) groups excluding carboxylic acids is 1. The molecule has 2 aromatic carbocycles. The Morgan fingerprint density at radius 2 is 1.57 bits per heavy atom. The summed E-state index contributed by atoms with van der Waals surface area (Å²) in [5, 5.41) is 9.77. The van der Waals surface area contributed by atoms with Crippen LogP contribution in [0.1, 0.15) is 31.9 Å². The molecule has 0 aliphatic carbocycles. The first kappa shape index (κ1) is 15.1. The van der Waals surface area contributed by atoms with Crippen molar-refractivity contribution >= 4 is 5.97 Å². The Labute approximate surface area is 125 Å². The highest BCUT2D eigenvalue weighted by Gasteiger charge is 2.09. The maximum absolute atomic E-state index is 11.1. The lowest BCUT2D eigenvalue weighted by Crippen LogP contribution is -2.03. The minimum atomic E-state index is -0.310. The molecular formula is C18H20O3. The molecule has 0 aliphatic rings. The van der Waals surface area contributed by atoms with Crippen molar-refractivity contribution in [2.75, 3.05) is 0 Å². The summed E-state index contributed by atoms with van der Waals surface area (Å²) in [6, 6.07) is 11.4. The highest BCUT2D eigenvalue weighted by molar-refractivity contribution is 5.72. The van der Waals surface area contributed by atoms with Gasteiger partial charge in [0, 0.05) is 6.92 Å². The van der Waals surface area contributed by atoms with Gasteiger partial charge >= 0.3 is 5.97 Å². The average Bonchev–Trinajstić information content (AvgIpc) is 2.47. The van der Waals surface area contributed by atoms with E-state index in [1.165, 1.54) is 6.92 Å². The molecule has 0 unspecified atom stereocenters. The number of benzene rings is 2. The van der Waals surface area contributed by atoms with E-state index in [4.69, 9.17) is 4.74 Å². The van der Waals surface area contributed by atoms with Crippen LogP contribution in [-0.2, 0) is 17.6 Å². The number of esters is 1. The third kappa shape index (κ3) is 3.43. The number of phenols is 1. The van der Waals surface area contributed by atoms with Gasteiger partial charge in [0.05, 0.1) is 0 Å². The number of aromatic hydroxyl groups is 1. The van der Waals surface area contributed by atoms with Crippen molar-refractivity contribution in [1.82, 2.24) is 0 Å². The van der Waals surface area contributed by atoms with Gasteiger partial charge in [-0.25, -0.2) is 0 Å². The maximum atomic E-state index is 11.1. The third-order valence-corrected chi connectivity index (χ3v) is 3.49. The molecule has 0 saturated carbocycles. The van der Waals surface area contributed by atoms with E-state index in [-0.39, 0.29) is 5.97 Å². The molecule has 2 rings (SSSR count). The number of hydrogen-bond acceptors (Lipinski definition) is 3. The van der Waals surface area contributed by atoms with Crippen LogP contribution in [-0.4, -0.2) is 11.1 Å². The van der Waals surface area contributed by atoms with Gasteiger partial charge < -0.3 is 9.84 Å². The monoisotopic (exact) mass is 284 g/mol. The van der Waals surface area contributed by atoms with Gasteiger partial charge in [-0.3, -0.25) is 4.79 Å². The Hall–Kier alpha value is -2.29. The van der Waals surface area contributed by atoms with Crippen molar-refractivity contribution in [1.29, 1.82) is 0 Å². The van der Waals surface area contributed by atoms with Crippen LogP contribution in [0.15, 0.2) is 36.4 Å². The molecule has 3 nitrogen and oxygen atoms in total. The van der Waals surface area contributed by atoms with Crippen LogP contribution in [0.4, 0.5) is 0 Å². The third-order valence-electron chi connectivity index (χ3n) is 3.49. The van der Waals surface area contributed by atoms with E-state index in [2.05, 4.69) is 0 Å². The van der Waals surface area contributed by atoms with Crippen LogP contribution in [0.5, 0.6) is 11.5 Å². The summed E-state index contributed by atoms with van der Waals surface area (Å²) in [5.41, 5.74) is 4.02. The van der Waals surface area contributed by atoms with Gasteiger partial charge in [-0.2, -0.15) is 0 Å². The molecule has 3 heteroatoms. The van der Waals surface area contributed by atoms with Crippen LogP contribution >= 0.6 is 0 Å². The van der Waals surface area contributed by atoms with Gasteiger partial charge in [0.25, 0.3) is 0 Å². The summed E-state index contributed by atoms with van der Waals surface area (Å²) in [4.78, 5) is 11.1. The zero-order chi connectivity index (χ0) is 15.4. The summed E-state index contributed by atoms with van der Waals surface area (Å²) in [5.74, 6) is 0.632. The first-order valence-corrected chi connectivity index (χ1v) is 7.18. The lowest BCUT2D eigenvalue weighted by Gasteiger charge is -2.11. The predicted octanol–water partition coefficient (Wildman–Crippen LogP) is 4.11. The Morgan fingerprint density at radius 3 is 2.14 bits per heavy atom. The van der Waals surface area contributed by atoms with Crippen molar-refractivity contribution in [2.45, 2.75) is 33.6 Å². The van der Waals surface area contributed by atoms with E-state index in [9.17, 15) is 9.90 Å². The van der Waals surface area contributed by atoms with Gasteiger partial charge in [0.2, 0.25) is 0 Å². The van der Waals surface area contributed by atoms with Crippen molar-refractivity contribution < 1.29 is 14.6 Å². The van der Waals surface area contributed by atoms with E-state index < -0.39 is 0 Å². The van der Waals surface area contributed by atoms with Gasteiger partial charge in [-0.15, -0.1) is 0 Å². The van der Waals surface area contributed by atoms with E-state index in [1.807, 2.05) is 44.2 Å². The summed E-state index contributed by atoms with van der Waals surface area (Å²) < 4.78 is 5.21. The Bertz CT molecular complexity index is 660. The number of carbonyl (C=O) groups is 1. The smallest absolute Gasteiger partial charge is 0.308 e. The molecule has 0 aromatic heterocycles. The van der Waals surface area contributed by atoms with Crippen molar-refractivity contribution in [2.24, 2.45) is 0 Å². The van der Waals surface area contributed by atoms with Gasteiger partial charge in [-0.1, -0.05) is 26.0 Å². The highest BCUT2D eigenvalue weighted by Crippen LogP contribution is 2.30. The van der Waals surface area contributed by atoms with Crippen molar-refractivity contribution in [3.8, 4) is 22.6 Å². The average molecular weight is 284 g/mol. The molecule has 0 amide bonds. The maximum Gasteiger partial charge on any atom is 0.308 e. The zero-order valence-electron chi connectivity index (χ0n) is 12.6. The number of aryl methyl sites for hydroxylation is 2. The topological polar surface area (TPSA) is 46.5 Å². The van der Waals surface area contributed by atoms with E-state index >= 15 is 0 Å². The number of rotatable bonds is 4. The van der Waals surface area contributed by atoms with Gasteiger partial charge in [-0.05, 0) is 59.4 Å². The van der Waals surface area contributed by atoms with Crippen LogP contribution in [0.3, 0.4) is 0 Å². The van der Waals surface area contributed by atoms with E-state index in [0.717, 1.165) is 35.1 Å². The molecule has 0 radical (unpaired) electrons. The number of ether oxygens (including phenoxy) is 1. The minimum Gasteiger partial charge on any atom is -0.508 e. The zero-order valence-corrected chi connectivity index (χ0v) is 12.6. The second kappa shape index (κ2) is 6.44. The molecule has 0 spiro atoms. The predicted molar refractivity (Wildman–Crippen MR) is 83.6 cm³/mol. The van der Waals surface area contributed by atoms with E-state index in [1.54, 1.807) is 6.07 Å². The molecule has 0 atom stereocenters. The molecule has 0 fully saturated rings. The molecule has 0 aliphatic heterocycles. The Morgan fingerprint density at radius 1 is 1.00 bits per heavy atom. The number of phenolic OH excluding ortho intramolecular Hbond substituents is 1. The fourth-order valence-electron chi connectivity index (χ4n) is 2.34. The molecule has 0 saturated heterocycles. The minimum absolute atomic E-state index is 0.310. The van der Waals surface area contributed by atoms with Crippen molar-refractivity contribution in [3.63, 3.8) is 0 Å². The molecule has 0 heterocycles. The molecule has 0 bridgehead atoms. The summed E-state index contributed by atoms with van der Waals surface area (Å²) in [6.45, 7) is 5.45. The van der Waals surface area contributed by atoms with Gasteiger partial charge in [0.1, 0.15) is 11.5 Å². The summed E-state index contributed by atoms with van der Waals surface area (Å²) in [7, 11) is 0. The summed E-state index contributed by atoms with van der Waals surface area (Å²) in [6.07, 6.45) is 1.57. The van der Waals surface area contributed by atoms with Crippen LogP contribution in [0.25, 0.3) is 11.1 Å². The van der Waals surface area contributed by atoms with Crippen LogP contribution in [0.2, 0.25) is 0 Å². The lowest BCUT2D eigenvalue weighted by molar-refractivity contribution is -0.131. The highest BCUT2D eigenvalue weighted by atomic mass is 16.5. The van der Waals surface area contributed by atoms with E-state index in [0.29, 0.717) is 11.5 Å². The standard InChI is InChI=1S/C18H20O3/c1-4-13-10-15(6-8-17(13)20)16-7-9-18(21-12(3)19)14(5-2)11-16/h6-11,20H,4-5H2,1-3H3. The number of hydrogen-bond donors (Lipinski definition) is 1. The second-order valence-corrected chi connectivity index (χ2v) is 4.97. The molecule has 110 valence electrons. The first-order chi connectivity index (χ1) is 10.0. The molecule has 2 aromatic rings. The van der Waals surface area contributed by atoms with Crippen molar-refractivity contribution in [3.05, 3.63) is 47.5 Å². The molecule has 1 N–H and O–H groups in total. The summed E-state index contributed by atoms with van der Waals surface area (Å²) >= 11 is 0. The fraction of sp³-hybridized carbons (Fsp3) is 0.278.